The molecule has 3 rings (SSSR count). The maximum absolute atomic E-state index is 13.1. The number of rotatable bonds is 11. The fraction of sp³-hybridized carbons (Fsp3) is 0.765. The van der Waals surface area contributed by atoms with Crippen LogP contribution in [0.2, 0.25) is 0 Å². The first-order valence-corrected chi connectivity index (χ1v) is 15.4. The highest BCUT2D eigenvalue weighted by Gasteiger charge is 2.50. The van der Waals surface area contributed by atoms with E-state index in [2.05, 4.69) is 39.0 Å². The van der Waals surface area contributed by atoms with Gasteiger partial charge in [-0.3, -0.25) is 9.59 Å². The average Bonchev–Trinajstić information content (AvgIpc) is 3.24. The van der Waals surface area contributed by atoms with Crippen molar-refractivity contribution in [2.75, 3.05) is 0 Å². The van der Waals surface area contributed by atoms with E-state index in [9.17, 15) is 19.8 Å². The number of fused-ring (bicyclic) bond motifs is 1. The van der Waals surface area contributed by atoms with Crippen molar-refractivity contribution in [3.8, 4) is 0 Å². The molecule has 0 aromatic carbocycles. The molecule has 2 N–H and O–H groups in total. The standard InChI is InChI=1S/C34H54O4/c1-7-8-9-10-13-31(37)33(4,5)32(38)19-14-23(2)27-17-18-28-26(12-11-20-34(27,28)6)16-15-25-21-29(35)24(3)30(36)22-25/h14-16,19,23-24,27-30,35-36H,7-13,17-18,20-22H2,1-6H3/b19-14+,25-15?,26-16+/t23-,24?,27-,28+,29-,30-,34-/m1/s1. The molecular weight excluding hydrogens is 472 g/mol. The lowest BCUT2D eigenvalue weighted by molar-refractivity contribution is -0.136. The number of Topliss-reactive ketones (excluding diaryl/α,β-unsaturated/α-hetero) is 1. The first-order chi connectivity index (χ1) is 17.9. The van der Waals surface area contributed by atoms with Crippen molar-refractivity contribution >= 4 is 11.6 Å². The van der Waals surface area contributed by atoms with E-state index in [1.807, 2.05) is 6.92 Å². The molecule has 0 amide bonds. The van der Waals surface area contributed by atoms with Crippen molar-refractivity contribution in [3.63, 3.8) is 0 Å². The highest BCUT2D eigenvalue weighted by atomic mass is 16.3. The van der Waals surface area contributed by atoms with Crippen LogP contribution in [0.15, 0.2) is 35.5 Å². The van der Waals surface area contributed by atoms with Crippen LogP contribution in [0.1, 0.15) is 119 Å². The summed E-state index contributed by atoms with van der Waals surface area (Å²) in [5.41, 5.74) is 1.92. The molecule has 4 nitrogen and oxygen atoms in total. The number of hydrogen-bond acceptors (Lipinski definition) is 4. The van der Waals surface area contributed by atoms with E-state index in [-0.39, 0.29) is 28.8 Å². The largest absolute Gasteiger partial charge is 0.392 e. The van der Waals surface area contributed by atoms with Crippen molar-refractivity contribution in [1.29, 1.82) is 0 Å². The highest BCUT2D eigenvalue weighted by molar-refractivity contribution is 6.10. The van der Waals surface area contributed by atoms with E-state index in [0.717, 1.165) is 44.1 Å². The van der Waals surface area contributed by atoms with E-state index < -0.39 is 17.6 Å². The van der Waals surface area contributed by atoms with Crippen molar-refractivity contribution in [2.24, 2.45) is 34.5 Å². The number of allylic oxidation sites excluding steroid dienone is 5. The quantitative estimate of drug-likeness (QED) is 0.166. The molecule has 0 unspecified atom stereocenters. The fourth-order valence-corrected chi connectivity index (χ4v) is 7.50. The molecule has 3 fully saturated rings. The summed E-state index contributed by atoms with van der Waals surface area (Å²) in [6.45, 7) is 12.3. The Morgan fingerprint density at radius 1 is 1.08 bits per heavy atom. The number of aliphatic hydroxyl groups excluding tert-OH is 2. The predicted molar refractivity (Wildman–Crippen MR) is 156 cm³/mol. The Balaban J connectivity index is 1.65. The van der Waals surface area contributed by atoms with Gasteiger partial charge < -0.3 is 10.2 Å². The first-order valence-electron chi connectivity index (χ1n) is 15.4. The van der Waals surface area contributed by atoms with E-state index in [0.29, 0.717) is 31.1 Å². The Morgan fingerprint density at radius 2 is 1.76 bits per heavy atom. The minimum atomic E-state index is -0.948. The lowest BCUT2D eigenvalue weighted by Crippen LogP contribution is -2.36. The summed E-state index contributed by atoms with van der Waals surface area (Å²) in [6, 6.07) is 0. The van der Waals surface area contributed by atoms with Gasteiger partial charge in [0.1, 0.15) is 5.78 Å². The van der Waals surface area contributed by atoms with Crippen LogP contribution < -0.4 is 0 Å². The molecule has 3 aliphatic rings. The third-order valence-corrected chi connectivity index (χ3v) is 10.5. The summed E-state index contributed by atoms with van der Waals surface area (Å²) in [4.78, 5) is 25.9. The molecule has 0 saturated heterocycles. The molecule has 0 aromatic heterocycles. The monoisotopic (exact) mass is 526 g/mol. The van der Waals surface area contributed by atoms with Gasteiger partial charge in [0.05, 0.1) is 17.6 Å². The zero-order chi connectivity index (χ0) is 28.1. The van der Waals surface area contributed by atoms with Gasteiger partial charge in [-0.05, 0) is 94.5 Å². The number of unbranched alkanes of at least 4 members (excludes halogenated alkanes) is 3. The average molecular weight is 527 g/mol. The number of hydrogen-bond donors (Lipinski definition) is 2. The molecular formula is C34H54O4. The second kappa shape index (κ2) is 13.2. The number of carbonyl (C=O) groups is 2. The SMILES string of the molecule is CCCCCCC(=O)C(C)(C)C(=O)/C=C/[C@@H](C)[C@H]1CC[C@H]2/C(=C/C=C3C[C@@H](O)C(C)[C@H](O)C3)CCC[C@]12C. The molecule has 3 aliphatic carbocycles. The Labute approximate surface area is 232 Å². The Hall–Kier alpha value is -1.52. The van der Waals surface area contributed by atoms with Gasteiger partial charge in [-0.15, -0.1) is 0 Å². The number of ketones is 2. The van der Waals surface area contributed by atoms with Crippen LogP contribution in [0.25, 0.3) is 0 Å². The molecule has 0 heterocycles. The summed E-state index contributed by atoms with van der Waals surface area (Å²) in [5.74, 6) is 1.28. The summed E-state index contributed by atoms with van der Waals surface area (Å²) >= 11 is 0. The van der Waals surface area contributed by atoms with Crippen LogP contribution in [0.5, 0.6) is 0 Å². The second-order valence-electron chi connectivity index (χ2n) is 13.5. The molecule has 0 spiro atoms. The van der Waals surface area contributed by atoms with Crippen LogP contribution in [0.4, 0.5) is 0 Å². The van der Waals surface area contributed by atoms with Crippen molar-refractivity contribution < 1.29 is 19.8 Å². The maximum atomic E-state index is 13.1. The molecule has 4 heteroatoms. The Morgan fingerprint density at radius 3 is 2.42 bits per heavy atom. The van der Waals surface area contributed by atoms with Crippen LogP contribution in [0, 0.1) is 34.5 Å². The van der Waals surface area contributed by atoms with Gasteiger partial charge in [-0.1, -0.05) is 76.3 Å². The van der Waals surface area contributed by atoms with E-state index in [1.165, 1.54) is 24.8 Å². The fourth-order valence-electron chi connectivity index (χ4n) is 7.50. The van der Waals surface area contributed by atoms with Gasteiger partial charge in [0.25, 0.3) is 0 Å². The van der Waals surface area contributed by atoms with Crippen molar-refractivity contribution in [2.45, 2.75) is 131 Å². The molecule has 3 saturated carbocycles. The van der Waals surface area contributed by atoms with Crippen LogP contribution >= 0.6 is 0 Å². The second-order valence-corrected chi connectivity index (χ2v) is 13.5. The summed E-state index contributed by atoms with van der Waals surface area (Å²) in [6.07, 6.45) is 19.2. The predicted octanol–water partition coefficient (Wildman–Crippen LogP) is 7.53. The van der Waals surface area contributed by atoms with Gasteiger partial charge in [0.15, 0.2) is 5.78 Å². The van der Waals surface area contributed by atoms with Gasteiger partial charge in [-0.2, -0.15) is 0 Å². The maximum Gasteiger partial charge on any atom is 0.168 e. The van der Waals surface area contributed by atoms with Crippen molar-refractivity contribution in [1.82, 2.24) is 0 Å². The lowest BCUT2D eigenvalue weighted by atomic mass is 9.61. The third-order valence-electron chi connectivity index (χ3n) is 10.5. The Kier molecular flexibility index (Phi) is 10.8. The molecule has 0 bridgehead atoms. The lowest BCUT2D eigenvalue weighted by Gasteiger charge is -2.44. The topological polar surface area (TPSA) is 74.6 Å². The minimum Gasteiger partial charge on any atom is -0.392 e. The zero-order valence-electron chi connectivity index (χ0n) is 25.0. The van der Waals surface area contributed by atoms with E-state index >= 15 is 0 Å². The molecule has 0 aliphatic heterocycles. The van der Waals surface area contributed by atoms with E-state index in [4.69, 9.17) is 0 Å². The number of carbonyl (C=O) groups excluding carboxylic acids is 2. The highest BCUT2D eigenvalue weighted by Crippen LogP contribution is 2.59. The molecule has 214 valence electrons. The van der Waals surface area contributed by atoms with Gasteiger partial charge in [0, 0.05) is 12.3 Å². The van der Waals surface area contributed by atoms with Gasteiger partial charge in [-0.25, -0.2) is 0 Å². The minimum absolute atomic E-state index is 0.0624. The molecule has 6 atom stereocenters. The first kappa shape index (κ1) is 31.0. The number of aliphatic hydroxyl groups is 2. The smallest absolute Gasteiger partial charge is 0.168 e. The zero-order valence-corrected chi connectivity index (χ0v) is 25.0. The van der Waals surface area contributed by atoms with Crippen LogP contribution in [0.3, 0.4) is 0 Å². The normalized spacial score (nSPS) is 33.9. The molecule has 0 aromatic rings. The molecule has 38 heavy (non-hydrogen) atoms. The van der Waals surface area contributed by atoms with Crippen LogP contribution in [-0.2, 0) is 9.59 Å². The summed E-state index contributed by atoms with van der Waals surface area (Å²) in [5, 5.41) is 20.6. The van der Waals surface area contributed by atoms with E-state index in [1.54, 1.807) is 19.9 Å². The summed E-state index contributed by atoms with van der Waals surface area (Å²) in [7, 11) is 0. The van der Waals surface area contributed by atoms with Crippen LogP contribution in [-0.4, -0.2) is 34.0 Å². The Bertz CT molecular complexity index is 911. The van der Waals surface area contributed by atoms with Crippen molar-refractivity contribution in [3.05, 3.63) is 35.5 Å². The summed E-state index contributed by atoms with van der Waals surface area (Å²) < 4.78 is 0. The van der Waals surface area contributed by atoms with Gasteiger partial charge in [0.2, 0.25) is 0 Å². The third kappa shape index (κ3) is 6.97. The van der Waals surface area contributed by atoms with Gasteiger partial charge >= 0.3 is 0 Å². The molecule has 0 radical (unpaired) electrons.